The van der Waals surface area contributed by atoms with E-state index in [0.717, 1.165) is 18.5 Å². The summed E-state index contributed by atoms with van der Waals surface area (Å²) in [5, 5.41) is 9.39. The molecule has 0 aliphatic heterocycles. The van der Waals surface area contributed by atoms with E-state index in [4.69, 9.17) is 46.4 Å². The average molecular weight is 325 g/mol. The number of alkyl halides is 1. The number of nitrogens with zero attached hydrogens (tertiary/aromatic N) is 3. The summed E-state index contributed by atoms with van der Waals surface area (Å²) in [5.41, 5.74) is 1.42. The molecule has 0 radical (unpaired) electrons. The third-order valence-corrected chi connectivity index (χ3v) is 3.38. The molecule has 18 heavy (non-hydrogen) atoms. The number of aryl methyl sites for hydroxylation is 1. The van der Waals surface area contributed by atoms with Crippen molar-refractivity contribution in [3.8, 4) is 5.69 Å². The molecule has 0 saturated heterocycles. The zero-order valence-corrected chi connectivity index (χ0v) is 12.2. The summed E-state index contributed by atoms with van der Waals surface area (Å²) in [7, 11) is 0. The highest BCUT2D eigenvalue weighted by molar-refractivity contribution is 6.40. The lowest BCUT2D eigenvalue weighted by atomic mass is 10.3. The van der Waals surface area contributed by atoms with Crippen LogP contribution in [0.4, 0.5) is 0 Å². The summed E-state index contributed by atoms with van der Waals surface area (Å²) in [5.74, 6) is 0.593. The second kappa shape index (κ2) is 6.11. The number of hydrogen-bond donors (Lipinski definition) is 0. The van der Waals surface area contributed by atoms with Crippen molar-refractivity contribution >= 4 is 46.4 Å². The van der Waals surface area contributed by atoms with Crippen molar-refractivity contribution in [2.75, 3.05) is 5.88 Å². The van der Waals surface area contributed by atoms with E-state index in [9.17, 15) is 0 Å². The quantitative estimate of drug-likeness (QED) is 0.780. The molecule has 0 N–H and O–H groups in total. The molecule has 1 aromatic carbocycles. The van der Waals surface area contributed by atoms with Crippen LogP contribution in [0.25, 0.3) is 5.69 Å². The Morgan fingerprint density at radius 1 is 1.11 bits per heavy atom. The van der Waals surface area contributed by atoms with Gasteiger partial charge in [0.1, 0.15) is 5.69 Å². The van der Waals surface area contributed by atoms with E-state index >= 15 is 0 Å². The molecule has 3 nitrogen and oxygen atoms in total. The van der Waals surface area contributed by atoms with E-state index in [2.05, 4.69) is 10.3 Å². The fourth-order valence-electron chi connectivity index (χ4n) is 1.52. The second-order valence-corrected chi connectivity index (χ2v) is 5.29. The molecule has 1 aromatic heterocycles. The fourth-order valence-corrected chi connectivity index (χ4v) is 2.65. The Bertz CT molecular complexity index is 530. The fraction of sp³-hybridized carbons (Fsp3) is 0.273. The lowest BCUT2D eigenvalue weighted by Crippen LogP contribution is -1.97. The van der Waals surface area contributed by atoms with Crippen LogP contribution in [-0.4, -0.2) is 20.9 Å². The Labute approximate surface area is 125 Å². The number of benzene rings is 1. The van der Waals surface area contributed by atoms with Crippen molar-refractivity contribution in [3.63, 3.8) is 0 Å². The van der Waals surface area contributed by atoms with Gasteiger partial charge in [-0.05, 0) is 25.0 Å². The topological polar surface area (TPSA) is 30.7 Å². The van der Waals surface area contributed by atoms with Crippen molar-refractivity contribution in [1.82, 2.24) is 15.0 Å². The smallest absolute Gasteiger partial charge is 0.104 e. The van der Waals surface area contributed by atoms with Crippen LogP contribution in [0.1, 0.15) is 12.1 Å². The Morgan fingerprint density at radius 3 is 2.39 bits per heavy atom. The minimum Gasteiger partial charge on any atom is -0.217 e. The summed E-state index contributed by atoms with van der Waals surface area (Å²) in [6, 6.07) is 3.23. The summed E-state index contributed by atoms with van der Waals surface area (Å²) in [6.45, 7) is 0. The average Bonchev–Trinajstić information content (AvgIpc) is 2.73. The first-order valence-corrected chi connectivity index (χ1v) is 6.90. The minimum atomic E-state index is 0.432. The molecule has 0 saturated carbocycles. The van der Waals surface area contributed by atoms with Crippen LogP contribution < -0.4 is 0 Å². The molecule has 7 heteroatoms. The predicted octanol–water partition coefficient (Wildman–Crippen LogP) is 4.40. The van der Waals surface area contributed by atoms with Gasteiger partial charge in [-0.1, -0.05) is 40.0 Å². The van der Waals surface area contributed by atoms with Gasteiger partial charge in [0.05, 0.1) is 21.9 Å². The molecule has 2 rings (SSSR count). The SMILES string of the molecule is ClCCCc1cn(-c2c(Cl)cc(Cl)cc2Cl)nn1. The maximum atomic E-state index is 6.10. The predicted molar refractivity (Wildman–Crippen MR) is 75.4 cm³/mol. The first-order chi connectivity index (χ1) is 8.61. The first kappa shape index (κ1) is 13.9. The Hall–Kier alpha value is -0.480. The van der Waals surface area contributed by atoms with Crippen LogP contribution in [0.5, 0.6) is 0 Å². The zero-order chi connectivity index (χ0) is 13.1. The summed E-state index contributed by atoms with van der Waals surface area (Å²) < 4.78 is 1.55. The van der Waals surface area contributed by atoms with Crippen LogP contribution in [0, 0.1) is 0 Å². The molecule has 0 aliphatic rings. The maximum Gasteiger partial charge on any atom is 0.104 e. The lowest BCUT2D eigenvalue weighted by molar-refractivity contribution is 0.792. The van der Waals surface area contributed by atoms with Gasteiger partial charge < -0.3 is 0 Å². The molecule has 0 bridgehead atoms. The van der Waals surface area contributed by atoms with Crippen LogP contribution in [0.3, 0.4) is 0 Å². The number of aromatic nitrogens is 3. The summed E-state index contributed by atoms with van der Waals surface area (Å²) >= 11 is 23.7. The van der Waals surface area contributed by atoms with Crippen molar-refractivity contribution in [1.29, 1.82) is 0 Å². The van der Waals surface area contributed by atoms with Crippen LogP contribution in [0.2, 0.25) is 15.1 Å². The monoisotopic (exact) mass is 323 g/mol. The van der Waals surface area contributed by atoms with Gasteiger partial charge in [0.2, 0.25) is 0 Å². The van der Waals surface area contributed by atoms with Crippen molar-refractivity contribution in [2.24, 2.45) is 0 Å². The molecule has 2 aromatic rings. The zero-order valence-electron chi connectivity index (χ0n) is 9.21. The van der Waals surface area contributed by atoms with Gasteiger partial charge in [-0.25, -0.2) is 4.68 Å². The third kappa shape index (κ3) is 3.09. The van der Waals surface area contributed by atoms with E-state index in [1.54, 1.807) is 23.0 Å². The van der Waals surface area contributed by atoms with Gasteiger partial charge >= 0.3 is 0 Å². The normalized spacial score (nSPS) is 10.9. The highest BCUT2D eigenvalue weighted by atomic mass is 35.5. The molecular weight excluding hydrogens is 316 g/mol. The van der Waals surface area contributed by atoms with E-state index in [0.29, 0.717) is 26.6 Å². The van der Waals surface area contributed by atoms with Crippen molar-refractivity contribution < 1.29 is 0 Å². The molecule has 0 fully saturated rings. The molecule has 96 valence electrons. The van der Waals surface area contributed by atoms with Crippen LogP contribution in [0.15, 0.2) is 18.3 Å². The largest absolute Gasteiger partial charge is 0.217 e. The Morgan fingerprint density at radius 2 is 1.78 bits per heavy atom. The minimum absolute atomic E-state index is 0.432. The number of rotatable bonds is 4. The highest BCUT2D eigenvalue weighted by Crippen LogP contribution is 2.31. The molecule has 0 unspecified atom stereocenters. The van der Waals surface area contributed by atoms with Crippen LogP contribution in [-0.2, 0) is 6.42 Å². The van der Waals surface area contributed by atoms with Crippen LogP contribution >= 0.6 is 46.4 Å². The van der Waals surface area contributed by atoms with Gasteiger partial charge in [-0.15, -0.1) is 16.7 Å². The van der Waals surface area contributed by atoms with E-state index in [-0.39, 0.29) is 0 Å². The van der Waals surface area contributed by atoms with Gasteiger partial charge in [-0.3, -0.25) is 0 Å². The third-order valence-electron chi connectivity index (χ3n) is 2.32. The number of hydrogen-bond acceptors (Lipinski definition) is 2. The van der Waals surface area contributed by atoms with Gasteiger partial charge in [-0.2, -0.15) is 0 Å². The second-order valence-electron chi connectivity index (χ2n) is 3.67. The maximum absolute atomic E-state index is 6.10. The van der Waals surface area contributed by atoms with Gasteiger partial charge in [0.15, 0.2) is 0 Å². The van der Waals surface area contributed by atoms with E-state index in [1.807, 2.05) is 0 Å². The summed E-state index contributed by atoms with van der Waals surface area (Å²) in [6.07, 6.45) is 3.40. The lowest BCUT2D eigenvalue weighted by Gasteiger charge is -2.06. The molecule has 0 aliphatic carbocycles. The highest BCUT2D eigenvalue weighted by Gasteiger charge is 2.12. The molecule has 0 atom stereocenters. The Balaban J connectivity index is 2.34. The van der Waals surface area contributed by atoms with Crippen molar-refractivity contribution in [2.45, 2.75) is 12.8 Å². The van der Waals surface area contributed by atoms with E-state index in [1.165, 1.54) is 0 Å². The van der Waals surface area contributed by atoms with Gasteiger partial charge in [0, 0.05) is 10.9 Å². The van der Waals surface area contributed by atoms with Crippen molar-refractivity contribution in [3.05, 3.63) is 39.1 Å². The molecular formula is C11H9Cl4N3. The van der Waals surface area contributed by atoms with E-state index < -0.39 is 0 Å². The molecule has 1 heterocycles. The molecule has 0 spiro atoms. The van der Waals surface area contributed by atoms with Gasteiger partial charge in [0.25, 0.3) is 0 Å². The first-order valence-electron chi connectivity index (χ1n) is 5.24. The Kier molecular flexibility index (Phi) is 4.73. The molecule has 0 amide bonds. The number of halogens is 4. The standard InChI is InChI=1S/C11H9Cl4N3/c12-3-1-2-8-6-18(17-16-8)11-9(14)4-7(13)5-10(11)15/h4-6H,1-3H2. The summed E-state index contributed by atoms with van der Waals surface area (Å²) in [4.78, 5) is 0.